The molecule has 2 heterocycles. The van der Waals surface area contributed by atoms with E-state index in [1.807, 2.05) is 16.4 Å². The van der Waals surface area contributed by atoms with Crippen LogP contribution in [-0.4, -0.2) is 21.3 Å². The van der Waals surface area contributed by atoms with Crippen LogP contribution in [0.1, 0.15) is 36.2 Å². The highest BCUT2D eigenvalue weighted by Crippen LogP contribution is 2.32. The Balaban J connectivity index is 2.47. The topological polar surface area (TPSA) is 42.7 Å². The minimum atomic E-state index is 0.152. The van der Waals surface area contributed by atoms with E-state index in [1.54, 1.807) is 11.3 Å². The zero-order valence-corrected chi connectivity index (χ0v) is 13.2. The van der Waals surface area contributed by atoms with Gasteiger partial charge in [-0.15, -0.1) is 11.3 Å². The monoisotopic (exact) mass is 328 g/mol. The summed E-state index contributed by atoms with van der Waals surface area (Å²) in [6.07, 6.45) is 1.86. The minimum Gasteiger partial charge on any atom is -0.304 e. The van der Waals surface area contributed by atoms with Crippen molar-refractivity contribution >= 4 is 27.3 Å². The van der Waals surface area contributed by atoms with Crippen molar-refractivity contribution in [3.8, 4) is 0 Å². The van der Waals surface area contributed by atoms with Gasteiger partial charge in [-0.2, -0.15) is 5.10 Å². The lowest BCUT2D eigenvalue weighted by Crippen LogP contribution is -2.25. The maximum atomic E-state index is 4.39. The molecule has 2 rings (SSSR count). The number of nitrogens with zero attached hydrogens (tertiary/aromatic N) is 3. The van der Waals surface area contributed by atoms with Crippen molar-refractivity contribution in [3.05, 3.63) is 32.4 Å². The van der Waals surface area contributed by atoms with E-state index in [-0.39, 0.29) is 6.04 Å². The molecule has 18 heavy (non-hydrogen) atoms. The molecule has 0 saturated carbocycles. The van der Waals surface area contributed by atoms with Crippen LogP contribution in [0.4, 0.5) is 0 Å². The van der Waals surface area contributed by atoms with E-state index in [4.69, 9.17) is 0 Å². The lowest BCUT2D eigenvalue weighted by molar-refractivity contribution is 0.543. The van der Waals surface area contributed by atoms with E-state index in [1.165, 1.54) is 10.6 Å². The first-order chi connectivity index (χ1) is 8.69. The molecule has 0 amide bonds. The van der Waals surface area contributed by atoms with E-state index < -0.39 is 0 Å². The highest BCUT2D eigenvalue weighted by Gasteiger charge is 2.23. The fraction of sp³-hybridized carbons (Fsp3) is 0.500. The number of rotatable bonds is 5. The molecule has 0 aliphatic rings. The molecule has 0 radical (unpaired) electrons. The van der Waals surface area contributed by atoms with Gasteiger partial charge in [0.05, 0.1) is 38.5 Å². The zero-order valence-electron chi connectivity index (χ0n) is 10.8. The lowest BCUT2D eigenvalue weighted by atomic mass is 10.1. The van der Waals surface area contributed by atoms with Crippen molar-refractivity contribution in [3.63, 3.8) is 0 Å². The van der Waals surface area contributed by atoms with Crippen molar-refractivity contribution in [2.45, 2.75) is 33.4 Å². The van der Waals surface area contributed by atoms with Crippen LogP contribution in [0.3, 0.4) is 0 Å². The zero-order chi connectivity index (χ0) is 13.1. The maximum Gasteiger partial charge on any atom is 0.0872 e. The Labute approximate surface area is 120 Å². The lowest BCUT2D eigenvalue weighted by Gasteiger charge is -2.19. The molecule has 0 aliphatic heterocycles. The first kappa shape index (κ1) is 13.7. The molecule has 0 aliphatic carbocycles. The molecule has 0 aromatic carbocycles. The van der Waals surface area contributed by atoms with Crippen molar-refractivity contribution < 1.29 is 0 Å². The second kappa shape index (κ2) is 5.95. The largest absolute Gasteiger partial charge is 0.304 e. The molecule has 2 aromatic heterocycles. The third-order valence-electron chi connectivity index (χ3n) is 2.86. The quantitative estimate of drug-likeness (QED) is 0.916. The fourth-order valence-electron chi connectivity index (χ4n) is 2.02. The minimum absolute atomic E-state index is 0.152. The van der Waals surface area contributed by atoms with Gasteiger partial charge in [0.2, 0.25) is 0 Å². The van der Waals surface area contributed by atoms with Gasteiger partial charge in [-0.25, -0.2) is 4.98 Å². The summed E-state index contributed by atoms with van der Waals surface area (Å²) in [5, 5.41) is 7.91. The number of hydrogen-bond acceptors (Lipinski definition) is 4. The molecule has 0 bridgehead atoms. The van der Waals surface area contributed by atoms with Crippen LogP contribution in [0.5, 0.6) is 0 Å². The molecule has 4 nitrogen and oxygen atoms in total. The summed E-state index contributed by atoms with van der Waals surface area (Å²) in [6, 6.07) is 0.152. The molecule has 0 fully saturated rings. The molecule has 1 N–H and O–H groups in total. The first-order valence-electron chi connectivity index (χ1n) is 6.03. The van der Waals surface area contributed by atoms with Crippen molar-refractivity contribution in [1.82, 2.24) is 20.1 Å². The van der Waals surface area contributed by atoms with Crippen molar-refractivity contribution in [2.24, 2.45) is 0 Å². The summed E-state index contributed by atoms with van der Waals surface area (Å²) in [4.78, 5) is 5.61. The van der Waals surface area contributed by atoms with Crippen LogP contribution in [0.15, 0.2) is 16.2 Å². The van der Waals surface area contributed by atoms with Gasteiger partial charge >= 0.3 is 0 Å². The summed E-state index contributed by atoms with van der Waals surface area (Å²) < 4.78 is 3.07. The summed E-state index contributed by atoms with van der Waals surface area (Å²) in [7, 11) is 0. The summed E-state index contributed by atoms with van der Waals surface area (Å²) in [6.45, 7) is 8.04. The Morgan fingerprint density at radius 3 is 2.83 bits per heavy atom. The highest BCUT2D eigenvalue weighted by molar-refractivity contribution is 9.10. The van der Waals surface area contributed by atoms with E-state index in [9.17, 15) is 0 Å². The van der Waals surface area contributed by atoms with Crippen molar-refractivity contribution in [2.75, 3.05) is 6.54 Å². The van der Waals surface area contributed by atoms with Crippen molar-refractivity contribution in [1.29, 1.82) is 0 Å². The third kappa shape index (κ3) is 2.50. The van der Waals surface area contributed by atoms with Gasteiger partial charge in [0.25, 0.3) is 0 Å². The third-order valence-corrected chi connectivity index (χ3v) is 4.47. The Hall–Kier alpha value is -0.720. The van der Waals surface area contributed by atoms with Gasteiger partial charge in [-0.3, -0.25) is 4.68 Å². The molecule has 98 valence electrons. The number of halogens is 1. The second-order valence-electron chi connectivity index (χ2n) is 3.99. The summed E-state index contributed by atoms with van der Waals surface area (Å²) >= 11 is 5.29. The van der Waals surface area contributed by atoms with Gasteiger partial charge < -0.3 is 5.32 Å². The van der Waals surface area contributed by atoms with E-state index in [0.29, 0.717) is 0 Å². The van der Waals surface area contributed by atoms with Crippen LogP contribution in [0, 0.1) is 6.92 Å². The standard InChI is InChI=1S/C12H17BrN4S/c1-4-14-10(12-8(3)15-7-18-12)11-9(13)6-16-17(11)5-2/h6-7,10,14H,4-5H2,1-3H3. The number of thiazole rings is 1. The van der Waals surface area contributed by atoms with E-state index >= 15 is 0 Å². The van der Waals surface area contributed by atoms with Crippen LogP contribution < -0.4 is 5.32 Å². The fourth-order valence-corrected chi connectivity index (χ4v) is 3.42. The Bertz CT molecular complexity index is 520. The van der Waals surface area contributed by atoms with Crippen LogP contribution >= 0.6 is 27.3 Å². The van der Waals surface area contributed by atoms with Gasteiger partial charge in [-0.1, -0.05) is 6.92 Å². The normalized spacial score (nSPS) is 12.9. The number of aryl methyl sites for hydroxylation is 2. The molecule has 6 heteroatoms. The molecular formula is C12H17BrN4S. The van der Waals surface area contributed by atoms with Crippen LogP contribution in [-0.2, 0) is 6.54 Å². The average Bonchev–Trinajstić information content (AvgIpc) is 2.93. The number of hydrogen-bond donors (Lipinski definition) is 1. The van der Waals surface area contributed by atoms with Gasteiger partial charge in [-0.05, 0) is 36.3 Å². The maximum absolute atomic E-state index is 4.39. The highest BCUT2D eigenvalue weighted by atomic mass is 79.9. The predicted octanol–water partition coefficient (Wildman–Crippen LogP) is 3.13. The molecule has 0 spiro atoms. The van der Waals surface area contributed by atoms with E-state index in [0.717, 1.165) is 23.3 Å². The Morgan fingerprint density at radius 1 is 1.50 bits per heavy atom. The van der Waals surface area contributed by atoms with Crippen LogP contribution in [0.2, 0.25) is 0 Å². The first-order valence-corrected chi connectivity index (χ1v) is 7.70. The second-order valence-corrected chi connectivity index (χ2v) is 5.73. The van der Waals surface area contributed by atoms with Crippen LogP contribution in [0.25, 0.3) is 0 Å². The number of aromatic nitrogens is 3. The Kier molecular flexibility index (Phi) is 4.53. The van der Waals surface area contributed by atoms with Gasteiger partial charge in [0, 0.05) is 6.54 Å². The average molecular weight is 329 g/mol. The molecular weight excluding hydrogens is 312 g/mol. The predicted molar refractivity (Wildman–Crippen MR) is 78.0 cm³/mol. The summed E-state index contributed by atoms with van der Waals surface area (Å²) in [5.74, 6) is 0. The van der Waals surface area contributed by atoms with Gasteiger partial charge in [0.15, 0.2) is 0 Å². The molecule has 1 unspecified atom stereocenters. The smallest absolute Gasteiger partial charge is 0.0872 e. The number of nitrogens with one attached hydrogen (secondary N) is 1. The summed E-state index contributed by atoms with van der Waals surface area (Å²) in [5.41, 5.74) is 4.16. The van der Waals surface area contributed by atoms with Gasteiger partial charge in [0.1, 0.15) is 0 Å². The Morgan fingerprint density at radius 2 is 2.28 bits per heavy atom. The molecule has 0 saturated heterocycles. The molecule has 1 atom stereocenters. The SMILES string of the molecule is CCNC(c1scnc1C)c1c(Br)cnn1CC. The molecule has 2 aromatic rings. The van der Waals surface area contributed by atoms with E-state index in [2.05, 4.69) is 52.1 Å².